The molecule has 0 saturated heterocycles. The second kappa shape index (κ2) is 17.3. The Morgan fingerprint density at radius 1 is 0.519 bits per heavy atom. The van der Waals surface area contributed by atoms with E-state index in [4.69, 9.17) is 28.4 Å². The van der Waals surface area contributed by atoms with Crippen LogP contribution in [0.2, 0.25) is 0 Å². The Balaban J connectivity index is 3.72. The van der Waals surface area contributed by atoms with Gasteiger partial charge in [0.15, 0.2) is 0 Å². The van der Waals surface area contributed by atoms with Crippen molar-refractivity contribution in [2.45, 2.75) is 65.1 Å². The van der Waals surface area contributed by atoms with Gasteiger partial charge in [-0.25, -0.2) is 0 Å². The summed E-state index contributed by atoms with van der Waals surface area (Å²) in [6.45, 7) is 20.9. The lowest BCUT2D eigenvalue weighted by Crippen LogP contribution is -2.29. The molecule has 27 heavy (non-hydrogen) atoms. The zero-order chi connectivity index (χ0) is 20.5. The highest BCUT2D eigenvalue weighted by atomic mass is 16.6. The molecule has 0 fully saturated rings. The van der Waals surface area contributed by atoms with E-state index in [1.807, 2.05) is 34.6 Å². The molecule has 0 aliphatic rings. The standard InChI is InChI=1S/C21H40O6/c1-8-10-22-12-17(3)24-14-19(5)26-16-21(7)27-15-20(6)25-13-18(4)23-11-9-2/h8-9,17-21H,1-2,10-16H2,3-7H3. The summed E-state index contributed by atoms with van der Waals surface area (Å²) in [5, 5.41) is 0. The monoisotopic (exact) mass is 388 g/mol. The van der Waals surface area contributed by atoms with E-state index in [2.05, 4.69) is 13.2 Å². The van der Waals surface area contributed by atoms with E-state index in [0.717, 1.165) is 0 Å². The molecule has 5 atom stereocenters. The van der Waals surface area contributed by atoms with Crippen molar-refractivity contribution in [2.24, 2.45) is 0 Å². The van der Waals surface area contributed by atoms with Gasteiger partial charge in [0.2, 0.25) is 0 Å². The van der Waals surface area contributed by atoms with Crippen LogP contribution >= 0.6 is 0 Å². The number of hydrogen-bond donors (Lipinski definition) is 0. The summed E-state index contributed by atoms with van der Waals surface area (Å²) >= 11 is 0. The van der Waals surface area contributed by atoms with E-state index in [1.54, 1.807) is 12.2 Å². The van der Waals surface area contributed by atoms with Crippen molar-refractivity contribution in [3.05, 3.63) is 25.3 Å². The minimum Gasteiger partial charge on any atom is -0.375 e. The topological polar surface area (TPSA) is 55.4 Å². The fourth-order valence-electron chi connectivity index (χ4n) is 1.99. The molecule has 0 aromatic rings. The van der Waals surface area contributed by atoms with Gasteiger partial charge in [0.05, 0.1) is 76.8 Å². The SMILES string of the molecule is C=CCOCC(C)OCC(C)OCC(C)OCC(C)OCC(C)OCC=C. The molecule has 6 nitrogen and oxygen atoms in total. The van der Waals surface area contributed by atoms with Gasteiger partial charge in [-0.05, 0) is 34.6 Å². The van der Waals surface area contributed by atoms with E-state index < -0.39 is 0 Å². The third-order valence-corrected chi connectivity index (χ3v) is 3.55. The Hall–Kier alpha value is -0.760. The Bertz CT molecular complexity index is 363. The molecule has 0 saturated carbocycles. The molecule has 160 valence electrons. The third-order valence-electron chi connectivity index (χ3n) is 3.55. The normalized spacial score (nSPS) is 17.1. The summed E-state index contributed by atoms with van der Waals surface area (Å²) in [5.41, 5.74) is 0. The average molecular weight is 389 g/mol. The predicted molar refractivity (Wildman–Crippen MR) is 108 cm³/mol. The minimum absolute atomic E-state index is 0.000553. The molecule has 0 aliphatic carbocycles. The molecule has 0 amide bonds. The van der Waals surface area contributed by atoms with E-state index in [1.165, 1.54) is 0 Å². The fraction of sp³-hybridized carbons (Fsp3) is 0.810. The number of hydrogen-bond acceptors (Lipinski definition) is 6. The molecule has 0 aromatic heterocycles. The lowest BCUT2D eigenvalue weighted by atomic mass is 10.3. The zero-order valence-corrected chi connectivity index (χ0v) is 17.9. The van der Waals surface area contributed by atoms with Gasteiger partial charge in [0, 0.05) is 0 Å². The molecular weight excluding hydrogens is 348 g/mol. The van der Waals surface area contributed by atoms with Crippen molar-refractivity contribution >= 4 is 0 Å². The Morgan fingerprint density at radius 2 is 0.852 bits per heavy atom. The Labute approximate surface area is 165 Å². The highest BCUT2D eigenvalue weighted by molar-refractivity contribution is 4.66. The molecule has 0 aromatic carbocycles. The first-order chi connectivity index (χ1) is 12.9. The molecule has 0 spiro atoms. The van der Waals surface area contributed by atoms with Gasteiger partial charge in [-0.3, -0.25) is 0 Å². The highest BCUT2D eigenvalue weighted by Gasteiger charge is 2.12. The van der Waals surface area contributed by atoms with Gasteiger partial charge >= 0.3 is 0 Å². The van der Waals surface area contributed by atoms with Crippen LogP contribution in [-0.2, 0) is 28.4 Å². The zero-order valence-electron chi connectivity index (χ0n) is 17.9. The van der Waals surface area contributed by atoms with Gasteiger partial charge in [-0.2, -0.15) is 0 Å². The first kappa shape index (κ1) is 26.2. The maximum absolute atomic E-state index is 5.78. The second-order valence-electron chi connectivity index (χ2n) is 6.83. The van der Waals surface area contributed by atoms with E-state index >= 15 is 0 Å². The van der Waals surface area contributed by atoms with Crippen molar-refractivity contribution in [1.29, 1.82) is 0 Å². The molecule has 0 N–H and O–H groups in total. The number of ether oxygens (including phenoxy) is 6. The first-order valence-electron chi connectivity index (χ1n) is 9.76. The van der Waals surface area contributed by atoms with Crippen LogP contribution in [0.1, 0.15) is 34.6 Å². The van der Waals surface area contributed by atoms with Crippen LogP contribution in [0.4, 0.5) is 0 Å². The van der Waals surface area contributed by atoms with Crippen LogP contribution in [0.5, 0.6) is 0 Å². The smallest absolute Gasteiger partial charge is 0.0784 e. The molecule has 0 rings (SSSR count). The minimum atomic E-state index is -0.0127. The van der Waals surface area contributed by atoms with Crippen LogP contribution < -0.4 is 0 Å². The summed E-state index contributed by atoms with van der Waals surface area (Å²) in [4.78, 5) is 0. The quantitative estimate of drug-likeness (QED) is 0.250. The van der Waals surface area contributed by atoms with Crippen LogP contribution in [-0.4, -0.2) is 76.8 Å². The van der Waals surface area contributed by atoms with Gasteiger partial charge in [-0.1, -0.05) is 12.2 Å². The van der Waals surface area contributed by atoms with Gasteiger partial charge in [0.1, 0.15) is 0 Å². The van der Waals surface area contributed by atoms with Crippen LogP contribution in [0.3, 0.4) is 0 Å². The van der Waals surface area contributed by atoms with Crippen LogP contribution in [0, 0.1) is 0 Å². The van der Waals surface area contributed by atoms with E-state index in [-0.39, 0.29) is 30.5 Å². The molecule has 0 bridgehead atoms. The maximum Gasteiger partial charge on any atom is 0.0784 e. The molecule has 0 aliphatic heterocycles. The summed E-state index contributed by atoms with van der Waals surface area (Å²) in [6, 6.07) is 0. The summed E-state index contributed by atoms with van der Waals surface area (Å²) in [6.07, 6.45) is 3.50. The van der Waals surface area contributed by atoms with Crippen LogP contribution in [0.15, 0.2) is 25.3 Å². The maximum atomic E-state index is 5.78. The van der Waals surface area contributed by atoms with Crippen molar-refractivity contribution in [3.8, 4) is 0 Å². The van der Waals surface area contributed by atoms with Crippen molar-refractivity contribution in [3.63, 3.8) is 0 Å². The predicted octanol–water partition coefficient (Wildman–Crippen LogP) is 3.40. The Kier molecular flexibility index (Phi) is 16.9. The average Bonchev–Trinajstić information content (AvgIpc) is 2.65. The summed E-state index contributed by atoms with van der Waals surface area (Å²) in [7, 11) is 0. The fourth-order valence-corrected chi connectivity index (χ4v) is 1.99. The Morgan fingerprint density at radius 3 is 1.22 bits per heavy atom. The summed E-state index contributed by atoms with van der Waals surface area (Å²) in [5.74, 6) is 0. The third kappa shape index (κ3) is 17.1. The lowest BCUT2D eigenvalue weighted by molar-refractivity contribution is -0.0979. The van der Waals surface area contributed by atoms with E-state index in [9.17, 15) is 0 Å². The molecular formula is C21H40O6. The molecule has 5 unspecified atom stereocenters. The van der Waals surface area contributed by atoms with Crippen LogP contribution in [0.25, 0.3) is 0 Å². The second-order valence-corrected chi connectivity index (χ2v) is 6.83. The highest BCUT2D eigenvalue weighted by Crippen LogP contribution is 2.03. The molecule has 6 heteroatoms. The van der Waals surface area contributed by atoms with Crippen molar-refractivity contribution < 1.29 is 28.4 Å². The molecule has 0 heterocycles. The lowest BCUT2D eigenvalue weighted by Gasteiger charge is -2.22. The van der Waals surface area contributed by atoms with Gasteiger partial charge in [0.25, 0.3) is 0 Å². The first-order valence-corrected chi connectivity index (χ1v) is 9.76. The van der Waals surface area contributed by atoms with E-state index in [0.29, 0.717) is 46.2 Å². The number of rotatable bonds is 19. The molecule has 0 radical (unpaired) electrons. The van der Waals surface area contributed by atoms with Gasteiger partial charge < -0.3 is 28.4 Å². The van der Waals surface area contributed by atoms with Crippen molar-refractivity contribution in [1.82, 2.24) is 0 Å². The largest absolute Gasteiger partial charge is 0.375 e. The summed E-state index contributed by atoms with van der Waals surface area (Å²) < 4.78 is 33.8. The van der Waals surface area contributed by atoms with Crippen molar-refractivity contribution in [2.75, 3.05) is 46.2 Å². The van der Waals surface area contributed by atoms with Gasteiger partial charge in [-0.15, -0.1) is 13.2 Å².